The second kappa shape index (κ2) is 9.39. The Morgan fingerprint density at radius 3 is 2.47 bits per heavy atom. The van der Waals surface area contributed by atoms with Gasteiger partial charge in [-0.15, -0.1) is 0 Å². The molecule has 0 radical (unpaired) electrons. The van der Waals surface area contributed by atoms with Crippen LogP contribution in [0.1, 0.15) is 13.8 Å². The summed E-state index contributed by atoms with van der Waals surface area (Å²) >= 11 is 6.09. The van der Waals surface area contributed by atoms with Crippen molar-refractivity contribution >= 4 is 40.3 Å². The van der Waals surface area contributed by atoms with E-state index in [1.165, 1.54) is 23.4 Å². The maximum absolute atomic E-state index is 14.6. The minimum absolute atomic E-state index is 0.111. The third kappa shape index (κ3) is 4.91. The average molecular weight is 466 g/mol. The van der Waals surface area contributed by atoms with E-state index in [0.29, 0.717) is 11.0 Å². The number of amides is 3. The van der Waals surface area contributed by atoms with Gasteiger partial charge < -0.3 is 25.3 Å². The monoisotopic (exact) mass is 465 g/mol. The Hall–Kier alpha value is -3.40. The zero-order valence-corrected chi connectivity index (χ0v) is 18.6. The van der Waals surface area contributed by atoms with E-state index in [1.54, 1.807) is 27.9 Å². The summed E-state index contributed by atoms with van der Waals surface area (Å²) in [7, 11) is 3.13. The van der Waals surface area contributed by atoms with Gasteiger partial charge in [0.05, 0.1) is 10.4 Å². The SMILES string of the molecule is CC(C)C(NC(=O)Nc1cc(F)c(Oc2ccnc3[nH]cc(Cl)c23)c(F)c1)C(=O)N(C)C. The molecule has 170 valence electrons. The van der Waals surface area contributed by atoms with E-state index in [-0.39, 0.29) is 28.3 Å². The van der Waals surface area contributed by atoms with Gasteiger partial charge >= 0.3 is 6.03 Å². The number of carbonyl (C=O) groups is 2. The molecule has 3 amide bonds. The van der Waals surface area contributed by atoms with Crippen molar-refractivity contribution in [3.05, 3.63) is 47.2 Å². The van der Waals surface area contributed by atoms with Gasteiger partial charge in [-0.2, -0.15) is 0 Å². The first kappa shape index (κ1) is 23.3. The predicted octanol–water partition coefficient (Wildman–Crippen LogP) is 4.52. The number of aromatic nitrogens is 2. The number of halogens is 3. The number of ether oxygens (including phenoxy) is 1. The Balaban J connectivity index is 1.79. The summed E-state index contributed by atoms with van der Waals surface area (Å²) in [5, 5.41) is 5.51. The Bertz CT molecular complexity index is 1140. The molecule has 0 saturated heterocycles. The summed E-state index contributed by atoms with van der Waals surface area (Å²) in [5.41, 5.74) is 0.250. The summed E-state index contributed by atoms with van der Waals surface area (Å²) in [4.78, 5) is 32.8. The number of likely N-dealkylation sites (N-methyl/N-ethyl adjacent to an activating group) is 1. The van der Waals surface area contributed by atoms with Crippen LogP contribution in [0.3, 0.4) is 0 Å². The number of pyridine rings is 1. The van der Waals surface area contributed by atoms with Crippen LogP contribution in [0.25, 0.3) is 11.0 Å². The quantitative estimate of drug-likeness (QED) is 0.498. The molecule has 0 fully saturated rings. The molecule has 32 heavy (non-hydrogen) atoms. The summed E-state index contributed by atoms with van der Waals surface area (Å²) in [6.07, 6.45) is 2.89. The molecule has 0 aliphatic carbocycles. The van der Waals surface area contributed by atoms with Crippen LogP contribution in [-0.4, -0.2) is 46.9 Å². The van der Waals surface area contributed by atoms with E-state index in [2.05, 4.69) is 20.6 Å². The van der Waals surface area contributed by atoms with Crippen LogP contribution >= 0.6 is 11.6 Å². The van der Waals surface area contributed by atoms with Crippen LogP contribution in [0.2, 0.25) is 5.02 Å². The van der Waals surface area contributed by atoms with Crippen molar-refractivity contribution in [2.24, 2.45) is 5.92 Å². The van der Waals surface area contributed by atoms with Crippen molar-refractivity contribution in [3.8, 4) is 11.5 Å². The van der Waals surface area contributed by atoms with E-state index in [9.17, 15) is 18.4 Å². The molecule has 0 saturated carbocycles. The molecule has 1 aromatic carbocycles. The first-order valence-corrected chi connectivity index (χ1v) is 10.0. The van der Waals surface area contributed by atoms with Gasteiger partial charge in [-0.1, -0.05) is 25.4 Å². The summed E-state index contributed by atoms with van der Waals surface area (Å²) in [6.45, 7) is 3.54. The lowest BCUT2D eigenvalue weighted by Crippen LogP contribution is -2.50. The highest BCUT2D eigenvalue weighted by Gasteiger charge is 2.26. The van der Waals surface area contributed by atoms with E-state index in [1.807, 2.05) is 0 Å². The van der Waals surface area contributed by atoms with E-state index in [0.717, 1.165) is 12.1 Å². The number of nitrogens with one attached hydrogen (secondary N) is 3. The molecule has 2 heterocycles. The summed E-state index contributed by atoms with van der Waals surface area (Å²) < 4.78 is 34.7. The van der Waals surface area contributed by atoms with Crippen molar-refractivity contribution in [2.45, 2.75) is 19.9 Å². The van der Waals surface area contributed by atoms with Crippen molar-refractivity contribution in [3.63, 3.8) is 0 Å². The van der Waals surface area contributed by atoms with Gasteiger partial charge in [0, 0.05) is 44.3 Å². The lowest BCUT2D eigenvalue weighted by molar-refractivity contribution is -0.131. The molecular weight excluding hydrogens is 444 g/mol. The minimum atomic E-state index is -1.04. The fourth-order valence-corrected chi connectivity index (χ4v) is 3.25. The van der Waals surface area contributed by atoms with Gasteiger partial charge in [0.2, 0.25) is 5.91 Å². The number of rotatable bonds is 6. The molecular formula is C21H22ClF2N5O3. The van der Waals surface area contributed by atoms with Crippen LogP contribution in [0.4, 0.5) is 19.3 Å². The van der Waals surface area contributed by atoms with Crippen molar-refractivity contribution in [1.29, 1.82) is 0 Å². The molecule has 0 aliphatic heterocycles. The largest absolute Gasteiger partial charge is 0.450 e. The van der Waals surface area contributed by atoms with Gasteiger partial charge in [0.1, 0.15) is 17.4 Å². The number of aromatic amines is 1. The van der Waals surface area contributed by atoms with Crippen LogP contribution in [0.15, 0.2) is 30.6 Å². The molecule has 11 heteroatoms. The Morgan fingerprint density at radius 2 is 1.88 bits per heavy atom. The van der Waals surface area contributed by atoms with Gasteiger partial charge in [0.15, 0.2) is 17.4 Å². The van der Waals surface area contributed by atoms with Crippen LogP contribution < -0.4 is 15.4 Å². The number of urea groups is 1. The highest BCUT2D eigenvalue weighted by molar-refractivity contribution is 6.36. The Morgan fingerprint density at radius 1 is 1.22 bits per heavy atom. The van der Waals surface area contributed by atoms with E-state index in [4.69, 9.17) is 16.3 Å². The second-order valence-electron chi connectivity index (χ2n) is 7.59. The first-order chi connectivity index (χ1) is 15.1. The molecule has 0 bridgehead atoms. The molecule has 3 aromatic rings. The number of fused-ring (bicyclic) bond motifs is 1. The zero-order chi connectivity index (χ0) is 23.6. The average Bonchev–Trinajstić information content (AvgIpc) is 3.10. The maximum atomic E-state index is 14.6. The number of benzene rings is 1. The zero-order valence-electron chi connectivity index (χ0n) is 17.8. The highest BCUT2D eigenvalue weighted by atomic mass is 35.5. The summed E-state index contributed by atoms with van der Waals surface area (Å²) in [5.74, 6) is -3.13. The van der Waals surface area contributed by atoms with Gasteiger partial charge in [-0.3, -0.25) is 4.79 Å². The molecule has 3 N–H and O–H groups in total. The molecule has 1 atom stereocenters. The van der Waals surface area contributed by atoms with Gasteiger partial charge in [-0.05, 0) is 12.0 Å². The fraction of sp³-hybridized carbons (Fsp3) is 0.286. The molecule has 3 rings (SSSR count). The number of hydrogen-bond acceptors (Lipinski definition) is 4. The van der Waals surface area contributed by atoms with Gasteiger partial charge in [0.25, 0.3) is 0 Å². The Labute approximate surface area is 187 Å². The number of carbonyl (C=O) groups excluding carboxylic acids is 2. The molecule has 1 unspecified atom stereocenters. The molecule has 0 aliphatic rings. The topological polar surface area (TPSA) is 99.3 Å². The number of hydrogen-bond donors (Lipinski definition) is 3. The number of anilines is 1. The lowest BCUT2D eigenvalue weighted by Gasteiger charge is -2.24. The third-order valence-electron chi connectivity index (χ3n) is 4.62. The normalized spacial score (nSPS) is 12.0. The fourth-order valence-electron chi connectivity index (χ4n) is 3.01. The van der Waals surface area contributed by atoms with Crippen molar-refractivity contribution in [2.75, 3.05) is 19.4 Å². The second-order valence-corrected chi connectivity index (χ2v) is 8.00. The highest BCUT2D eigenvalue weighted by Crippen LogP contribution is 2.36. The van der Waals surface area contributed by atoms with Crippen LogP contribution in [-0.2, 0) is 4.79 Å². The van der Waals surface area contributed by atoms with E-state index >= 15 is 0 Å². The van der Waals surface area contributed by atoms with Crippen LogP contribution in [0.5, 0.6) is 11.5 Å². The maximum Gasteiger partial charge on any atom is 0.319 e. The standard InChI is InChI=1S/C21H22ClF2N5O3/c1-10(2)17(20(30)29(3)4)28-21(31)27-11-7-13(23)18(14(24)8-11)32-15-5-6-25-19-16(15)12(22)9-26-19/h5-10,17H,1-4H3,(H,25,26)(H2,27,28,31). The molecule has 0 spiro atoms. The minimum Gasteiger partial charge on any atom is -0.450 e. The van der Waals surface area contributed by atoms with Crippen LogP contribution in [0, 0.1) is 17.6 Å². The third-order valence-corrected chi connectivity index (χ3v) is 4.91. The van der Waals surface area contributed by atoms with Crippen molar-refractivity contribution < 1.29 is 23.1 Å². The number of H-pyrrole nitrogens is 1. The predicted molar refractivity (Wildman–Crippen MR) is 117 cm³/mol. The Kier molecular flexibility index (Phi) is 6.83. The molecule has 8 nitrogen and oxygen atoms in total. The van der Waals surface area contributed by atoms with Crippen molar-refractivity contribution in [1.82, 2.24) is 20.2 Å². The van der Waals surface area contributed by atoms with Gasteiger partial charge in [-0.25, -0.2) is 18.6 Å². The smallest absolute Gasteiger partial charge is 0.319 e. The molecule has 2 aromatic heterocycles. The first-order valence-electron chi connectivity index (χ1n) is 9.65. The van der Waals surface area contributed by atoms with E-state index < -0.39 is 29.5 Å². The summed E-state index contributed by atoms with van der Waals surface area (Å²) in [6, 6.07) is 1.67. The number of nitrogens with zero attached hydrogens (tertiary/aromatic N) is 2. The lowest BCUT2D eigenvalue weighted by atomic mass is 10.0.